The van der Waals surface area contributed by atoms with Crippen molar-refractivity contribution in [1.29, 1.82) is 0 Å². The van der Waals surface area contributed by atoms with Gasteiger partial charge in [-0.15, -0.1) is 0 Å². The minimum atomic E-state index is -0.824. The van der Waals surface area contributed by atoms with Crippen LogP contribution in [0.1, 0.15) is 43.2 Å². The van der Waals surface area contributed by atoms with Crippen molar-refractivity contribution >= 4 is 11.8 Å². The Hall–Kier alpha value is -2.31. The number of benzene rings is 1. The summed E-state index contributed by atoms with van der Waals surface area (Å²) in [5, 5.41) is 29.2. The van der Waals surface area contributed by atoms with E-state index in [4.69, 9.17) is 5.11 Å². The molecule has 1 fully saturated rings. The minimum absolute atomic E-state index is 0.000694. The van der Waals surface area contributed by atoms with Crippen LogP contribution in [-0.2, 0) is 22.4 Å². The second-order valence-corrected chi connectivity index (χ2v) is 7.83. The molecule has 5 nitrogen and oxygen atoms in total. The normalized spacial score (nSPS) is 22.9. The van der Waals surface area contributed by atoms with Gasteiger partial charge in [-0.25, -0.2) is 0 Å². The van der Waals surface area contributed by atoms with Gasteiger partial charge < -0.3 is 15.3 Å². The zero-order chi connectivity index (χ0) is 21.9. The molecule has 3 N–H and O–H groups in total. The number of allylic oxidation sites excluding steroid dienone is 2. The number of rotatable bonds is 12. The van der Waals surface area contributed by atoms with Gasteiger partial charge in [-0.05, 0) is 30.4 Å². The quantitative estimate of drug-likeness (QED) is 0.357. The van der Waals surface area contributed by atoms with Gasteiger partial charge in [-0.2, -0.15) is 0 Å². The Morgan fingerprint density at radius 1 is 1.27 bits per heavy atom. The second kappa shape index (κ2) is 12.4. The van der Waals surface area contributed by atoms with Gasteiger partial charge in [0.05, 0.1) is 18.9 Å². The Balaban J connectivity index is 1.90. The van der Waals surface area contributed by atoms with E-state index in [1.807, 2.05) is 36.4 Å². The van der Waals surface area contributed by atoms with Crippen LogP contribution in [0.4, 0.5) is 4.39 Å². The van der Waals surface area contributed by atoms with E-state index in [2.05, 4.69) is 0 Å². The predicted molar refractivity (Wildman–Crippen MR) is 113 cm³/mol. The molecule has 0 unspecified atom stereocenters. The number of carboxylic acid groups (broad SMARTS) is 1. The van der Waals surface area contributed by atoms with Gasteiger partial charge in [0.15, 0.2) is 0 Å². The summed E-state index contributed by atoms with van der Waals surface area (Å²) in [6.45, 7) is -0.422. The molecule has 0 spiro atoms. The van der Waals surface area contributed by atoms with Gasteiger partial charge in [-0.1, -0.05) is 48.6 Å². The molecule has 1 aliphatic rings. The van der Waals surface area contributed by atoms with Crippen LogP contribution in [0.25, 0.3) is 0 Å². The fourth-order valence-electron chi connectivity index (χ4n) is 3.85. The maximum Gasteiger partial charge on any atom is 0.303 e. The number of ketones is 1. The van der Waals surface area contributed by atoms with Gasteiger partial charge in [0, 0.05) is 37.5 Å². The van der Waals surface area contributed by atoms with Gasteiger partial charge >= 0.3 is 5.97 Å². The van der Waals surface area contributed by atoms with Crippen LogP contribution in [0, 0.1) is 11.8 Å². The van der Waals surface area contributed by atoms with Gasteiger partial charge in [-0.3, -0.25) is 14.0 Å². The van der Waals surface area contributed by atoms with Crippen molar-refractivity contribution < 1.29 is 29.3 Å². The molecule has 2 rings (SSSR count). The molecule has 6 heteroatoms. The number of aliphatic hydroxyl groups is 2. The van der Waals surface area contributed by atoms with Crippen LogP contribution >= 0.6 is 0 Å². The van der Waals surface area contributed by atoms with Gasteiger partial charge in [0.1, 0.15) is 5.78 Å². The molecule has 1 saturated carbocycles. The SMILES string of the molecule is O=C(O)CCC/C=C\C[C@H]1C(=O)C[C@@H](O)[C@@H]1/C=C/[C@H](O)Cc1cccc(CCF)c1. The number of hydrogen-bond donors (Lipinski definition) is 3. The molecule has 164 valence electrons. The summed E-state index contributed by atoms with van der Waals surface area (Å²) in [5.74, 6) is -1.52. The van der Waals surface area contributed by atoms with Gasteiger partial charge in [0.2, 0.25) is 0 Å². The van der Waals surface area contributed by atoms with Crippen molar-refractivity contribution in [2.24, 2.45) is 11.8 Å². The Labute approximate surface area is 176 Å². The number of alkyl halides is 1. The zero-order valence-electron chi connectivity index (χ0n) is 17.1. The molecule has 1 aromatic rings. The molecule has 1 aromatic carbocycles. The molecule has 0 saturated heterocycles. The average Bonchev–Trinajstić information content (AvgIpc) is 2.95. The van der Waals surface area contributed by atoms with E-state index in [-0.39, 0.29) is 30.5 Å². The maximum absolute atomic E-state index is 12.5. The van der Waals surface area contributed by atoms with E-state index in [1.165, 1.54) is 0 Å². The van der Waals surface area contributed by atoms with Crippen LogP contribution in [-0.4, -0.2) is 46.0 Å². The average molecular weight is 419 g/mol. The number of carbonyl (C=O) groups excluding carboxylic acids is 1. The van der Waals surface area contributed by atoms with Crippen molar-refractivity contribution in [2.45, 2.75) is 57.2 Å². The standard InChI is InChI=1S/C24H31FO5/c25-13-12-17-6-5-7-18(14-17)15-19(26)10-11-21-20(22(27)16-23(21)28)8-3-1-2-4-9-24(29)30/h1,3,5-7,10-11,14,19-21,23,26,28H,2,4,8-9,12-13,15-16H2,(H,29,30)/b3-1-,11-10+/t19-,20+,21+,23+/m0/s1. The van der Waals surface area contributed by atoms with Crippen LogP contribution in [0.2, 0.25) is 0 Å². The summed E-state index contributed by atoms with van der Waals surface area (Å²) in [6, 6.07) is 7.45. The summed E-state index contributed by atoms with van der Waals surface area (Å²) < 4.78 is 12.5. The van der Waals surface area contributed by atoms with E-state index >= 15 is 0 Å². The number of hydrogen-bond acceptors (Lipinski definition) is 4. The maximum atomic E-state index is 12.5. The number of aliphatic carboxylic acids is 1. The van der Waals surface area contributed by atoms with E-state index in [0.717, 1.165) is 11.1 Å². The predicted octanol–water partition coefficient (Wildman–Crippen LogP) is 3.43. The lowest BCUT2D eigenvalue weighted by atomic mass is 9.90. The van der Waals surface area contributed by atoms with Gasteiger partial charge in [0.25, 0.3) is 0 Å². The summed E-state index contributed by atoms with van der Waals surface area (Å²) in [5.41, 5.74) is 1.79. The lowest BCUT2D eigenvalue weighted by Crippen LogP contribution is -2.19. The van der Waals surface area contributed by atoms with Crippen LogP contribution < -0.4 is 0 Å². The Bertz CT molecular complexity index is 758. The molecule has 30 heavy (non-hydrogen) atoms. The minimum Gasteiger partial charge on any atom is -0.481 e. The van der Waals surface area contributed by atoms with E-state index < -0.39 is 24.9 Å². The number of carbonyl (C=O) groups is 2. The molecular formula is C24H31FO5. The molecule has 1 aliphatic carbocycles. The molecular weight excluding hydrogens is 387 g/mol. The number of halogens is 1. The zero-order valence-corrected chi connectivity index (χ0v) is 17.1. The van der Waals surface area contributed by atoms with Crippen molar-refractivity contribution in [2.75, 3.05) is 6.67 Å². The van der Waals surface area contributed by atoms with E-state index in [9.17, 15) is 24.2 Å². The van der Waals surface area contributed by atoms with E-state index in [1.54, 1.807) is 12.2 Å². The number of unbranched alkanes of at least 4 members (excludes halogenated alkanes) is 1. The lowest BCUT2D eigenvalue weighted by molar-refractivity contribution is -0.137. The summed E-state index contributed by atoms with van der Waals surface area (Å²) in [6.07, 6.45) is 8.19. The third-order valence-electron chi connectivity index (χ3n) is 5.43. The lowest BCUT2D eigenvalue weighted by Gasteiger charge is -2.17. The van der Waals surface area contributed by atoms with Crippen molar-refractivity contribution in [3.05, 3.63) is 59.7 Å². The largest absolute Gasteiger partial charge is 0.481 e. The number of aliphatic hydroxyl groups excluding tert-OH is 2. The van der Waals surface area contributed by atoms with Crippen LogP contribution in [0.15, 0.2) is 48.6 Å². The second-order valence-electron chi connectivity index (χ2n) is 7.83. The molecule has 0 amide bonds. The first kappa shape index (κ1) is 24.0. The monoisotopic (exact) mass is 418 g/mol. The van der Waals surface area contributed by atoms with E-state index in [0.29, 0.717) is 32.1 Å². The molecule has 0 heterocycles. The highest BCUT2D eigenvalue weighted by atomic mass is 19.1. The fourth-order valence-corrected chi connectivity index (χ4v) is 3.85. The highest BCUT2D eigenvalue weighted by molar-refractivity contribution is 5.84. The summed E-state index contributed by atoms with van der Waals surface area (Å²) in [4.78, 5) is 22.8. The molecule has 0 aromatic heterocycles. The first-order valence-corrected chi connectivity index (χ1v) is 10.5. The Kier molecular flexibility index (Phi) is 9.91. The highest BCUT2D eigenvalue weighted by Crippen LogP contribution is 2.33. The molecule has 0 radical (unpaired) electrons. The summed E-state index contributed by atoms with van der Waals surface area (Å²) in [7, 11) is 0. The molecule has 0 aliphatic heterocycles. The highest BCUT2D eigenvalue weighted by Gasteiger charge is 2.39. The molecule has 0 bridgehead atoms. The first-order valence-electron chi connectivity index (χ1n) is 10.5. The number of carboxylic acids is 1. The Morgan fingerprint density at radius 3 is 2.77 bits per heavy atom. The number of Topliss-reactive ketones (excluding diaryl/α,β-unsaturated/α-hetero) is 1. The van der Waals surface area contributed by atoms with Crippen molar-refractivity contribution in [3.63, 3.8) is 0 Å². The number of aryl methyl sites for hydroxylation is 1. The summed E-state index contributed by atoms with van der Waals surface area (Å²) >= 11 is 0. The third-order valence-corrected chi connectivity index (χ3v) is 5.43. The fraction of sp³-hybridized carbons (Fsp3) is 0.500. The molecule has 4 atom stereocenters. The Morgan fingerprint density at radius 2 is 2.03 bits per heavy atom. The first-order chi connectivity index (χ1) is 14.4. The van der Waals surface area contributed by atoms with Crippen LogP contribution in [0.3, 0.4) is 0 Å². The van der Waals surface area contributed by atoms with Crippen LogP contribution in [0.5, 0.6) is 0 Å². The van der Waals surface area contributed by atoms with Crippen molar-refractivity contribution in [1.82, 2.24) is 0 Å². The topological polar surface area (TPSA) is 94.8 Å². The third kappa shape index (κ3) is 7.84. The van der Waals surface area contributed by atoms with Crippen molar-refractivity contribution in [3.8, 4) is 0 Å². The smallest absolute Gasteiger partial charge is 0.303 e.